The maximum Gasteiger partial charge on any atom is 0.228 e. The third-order valence-electron chi connectivity index (χ3n) is 1.87. The van der Waals surface area contributed by atoms with Gasteiger partial charge >= 0.3 is 0 Å². The molecule has 0 aliphatic heterocycles. The Labute approximate surface area is 75.9 Å². The summed E-state index contributed by atoms with van der Waals surface area (Å²) in [5.41, 5.74) is -0.250. The Kier molecular flexibility index (Phi) is 3.75. The average molecular weight is 171 g/mol. The summed E-state index contributed by atoms with van der Waals surface area (Å²) in [4.78, 5) is 13.7. The zero-order valence-electron chi connectivity index (χ0n) is 9.14. The van der Waals surface area contributed by atoms with E-state index in [1.54, 1.807) is 0 Å². The van der Waals surface area contributed by atoms with Crippen molar-refractivity contribution >= 4 is 5.91 Å². The highest BCUT2D eigenvalue weighted by Gasteiger charge is 2.27. The number of rotatable bonds is 2. The lowest BCUT2D eigenvalue weighted by Gasteiger charge is -2.31. The second-order valence-corrected chi connectivity index (χ2v) is 4.43. The minimum atomic E-state index is -0.250. The number of amides is 1. The quantitative estimate of drug-likeness (QED) is 0.624. The summed E-state index contributed by atoms with van der Waals surface area (Å²) in [5.74, 6) is 0.236. The summed E-state index contributed by atoms with van der Waals surface area (Å²) in [7, 11) is 0. The lowest BCUT2D eigenvalue weighted by molar-refractivity contribution is -0.140. The minimum Gasteiger partial charge on any atom is -0.340 e. The summed E-state index contributed by atoms with van der Waals surface area (Å²) in [6.45, 7) is 12.8. The number of hydrogen-bond acceptors (Lipinski definition) is 1. The molecule has 2 nitrogen and oxygen atoms in total. The predicted octanol–water partition coefficient (Wildman–Crippen LogP) is 2.29. The van der Waals surface area contributed by atoms with Crippen molar-refractivity contribution in [3.8, 4) is 0 Å². The van der Waals surface area contributed by atoms with Crippen LogP contribution in [0.2, 0.25) is 0 Å². The van der Waals surface area contributed by atoms with Gasteiger partial charge in [-0.2, -0.15) is 0 Å². The summed E-state index contributed by atoms with van der Waals surface area (Å²) in [5, 5.41) is 0. The Hall–Kier alpha value is -0.530. The van der Waals surface area contributed by atoms with Crippen LogP contribution in [0.15, 0.2) is 0 Å². The van der Waals surface area contributed by atoms with E-state index < -0.39 is 0 Å². The van der Waals surface area contributed by atoms with Crippen molar-refractivity contribution in [1.29, 1.82) is 0 Å². The molecule has 1 amide bonds. The van der Waals surface area contributed by atoms with Crippen molar-refractivity contribution in [1.82, 2.24) is 4.90 Å². The summed E-state index contributed by atoms with van der Waals surface area (Å²) >= 11 is 0. The molecule has 0 aromatic carbocycles. The molecular weight excluding hydrogens is 150 g/mol. The molecule has 0 rings (SSSR count). The minimum absolute atomic E-state index is 0.236. The molecule has 0 radical (unpaired) electrons. The fourth-order valence-electron chi connectivity index (χ4n) is 1.17. The van der Waals surface area contributed by atoms with Gasteiger partial charge < -0.3 is 4.90 Å². The molecule has 0 N–H and O–H groups in total. The molecule has 0 spiro atoms. The number of hydrogen-bond donors (Lipinski definition) is 0. The molecule has 0 aromatic heterocycles. The van der Waals surface area contributed by atoms with Gasteiger partial charge in [-0.1, -0.05) is 20.8 Å². The molecular formula is C10H21NO. The van der Waals surface area contributed by atoms with Gasteiger partial charge in [-0.15, -0.1) is 0 Å². The van der Waals surface area contributed by atoms with E-state index in [-0.39, 0.29) is 11.3 Å². The molecule has 0 aliphatic rings. The van der Waals surface area contributed by atoms with Crippen molar-refractivity contribution in [2.24, 2.45) is 5.41 Å². The van der Waals surface area contributed by atoms with Crippen LogP contribution >= 0.6 is 0 Å². The van der Waals surface area contributed by atoms with E-state index in [9.17, 15) is 4.79 Å². The van der Waals surface area contributed by atoms with Crippen molar-refractivity contribution in [2.45, 2.75) is 47.6 Å². The Morgan fingerprint density at radius 2 is 1.75 bits per heavy atom. The van der Waals surface area contributed by atoms with Crippen LogP contribution in [0.5, 0.6) is 0 Å². The van der Waals surface area contributed by atoms with Gasteiger partial charge in [0.25, 0.3) is 0 Å². The Morgan fingerprint density at radius 1 is 1.33 bits per heavy atom. The second-order valence-electron chi connectivity index (χ2n) is 4.43. The van der Waals surface area contributed by atoms with E-state index in [0.717, 1.165) is 6.54 Å². The number of nitrogens with zero attached hydrogens (tertiary/aromatic N) is 1. The molecule has 0 bridgehead atoms. The largest absolute Gasteiger partial charge is 0.340 e. The van der Waals surface area contributed by atoms with Crippen LogP contribution < -0.4 is 0 Å². The highest BCUT2D eigenvalue weighted by Crippen LogP contribution is 2.18. The summed E-state index contributed by atoms with van der Waals surface area (Å²) in [6, 6.07) is 0.307. The molecule has 0 atom stereocenters. The molecule has 0 saturated carbocycles. The van der Waals surface area contributed by atoms with Crippen LogP contribution in [-0.2, 0) is 4.79 Å². The zero-order valence-corrected chi connectivity index (χ0v) is 9.14. The normalized spacial score (nSPS) is 11.9. The molecule has 0 saturated heterocycles. The van der Waals surface area contributed by atoms with Crippen molar-refractivity contribution in [2.75, 3.05) is 6.54 Å². The van der Waals surface area contributed by atoms with Gasteiger partial charge in [0, 0.05) is 18.0 Å². The first-order chi connectivity index (χ1) is 5.30. The Balaban J connectivity index is 4.44. The molecule has 0 unspecified atom stereocenters. The number of carbonyl (C=O) groups excluding carboxylic acids is 1. The van der Waals surface area contributed by atoms with E-state index >= 15 is 0 Å². The van der Waals surface area contributed by atoms with Gasteiger partial charge in [-0.25, -0.2) is 0 Å². The number of carbonyl (C=O) groups is 1. The molecule has 0 heterocycles. The topological polar surface area (TPSA) is 20.3 Å². The SMILES string of the molecule is CCN(C(=O)C(C)(C)C)C(C)C. The van der Waals surface area contributed by atoms with Crippen LogP contribution in [-0.4, -0.2) is 23.4 Å². The highest BCUT2D eigenvalue weighted by atomic mass is 16.2. The second kappa shape index (κ2) is 3.92. The summed E-state index contributed by atoms with van der Waals surface area (Å²) in [6.07, 6.45) is 0. The zero-order chi connectivity index (χ0) is 9.94. The molecule has 0 fully saturated rings. The molecule has 0 aliphatic carbocycles. The van der Waals surface area contributed by atoms with Crippen LogP contribution in [0.3, 0.4) is 0 Å². The maximum atomic E-state index is 11.8. The van der Waals surface area contributed by atoms with E-state index in [1.165, 1.54) is 0 Å². The third kappa shape index (κ3) is 2.84. The lowest BCUT2D eigenvalue weighted by atomic mass is 9.94. The smallest absolute Gasteiger partial charge is 0.228 e. The van der Waals surface area contributed by atoms with Crippen LogP contribution in [0.1, 0.15) is 41.5 Å². The highest BCUT2D eigenvalue weighted by molar-refractivity contribution is 5.81. The standard InChI is InChI=1S/C10H21NO/c1-7-11(8(2)3)9(12)10(4,5)6/h8H,7H2,1-6H3. The monoisotopic (exact) mass is 171 g/mol. The van der Waals surface area contributed by atoms with Crippen molar-refractivity contribution < 1.29 is 4.79 Å². The summed E-state index contributed by atoms with van der Waals surface area (Å²) < 4.78 is 0. The Bertz CT molecular complexity index is 156. The molecule has 0 aromatic rings. The first-order valence-corrected chi connectivity index (χ1v) is 4.61. The van der Waals surface area contributed by atoms with Gasteiger partial charge in [-0.3, -0.25) is 4.79 Å². The van der Waals surface area contributed by atoms with E-state index in [0.29, 0.717) is 6.04 Å². The van der Waals surface area contributed by atoms with Gasteiger partial charge in [0.15, 0.2) is 0 Å². The van der Waals surface area contributed by atoms with Crippen LogP contribution in [0, 0.1) is 5.41 Å². The van der Waals surface area contributed by atoms with Gasteiger partial charge in [0.1, 0.15) is 0 Å². The third-order valence-corrected chi connectivity index (χ3v) is 1.87. The molecule has 12 heavy (non-hydrogen) atoms. The van der Waals surface area contributed by atoms with Crippen LogP contribution in [0.4, 0.5) is 0 Å². The van der Waals surface area contributed by atoms with E-state index in [4.69, 9.17) is 0 Å². The first kappa shape index (κ1) is 11.5. The maximum absolute atomic E-state index is 11.8. The van der Waals surface area contributed by atoms with E-state index in [1.807, 2.05) is 46.4 Å². The van der Waals surface area contributed by atoms with Gasteiger partial charge in [0.2, 0.25) is 5.91 Å². The fourth-order valence-corrected chi connectivity index (χ4v) is 1.17. The van der Waals surface area contributed by atoms with Crippen molar-refractivity contribution in [3.63, 3.8) is 0 Å². The molecule has 72 valence electrons. The van der Waals surface area contributed by atoms with Gasteiger partial charge in [0.05, 0.1) is 0 Å². The first-order valence-electron chi connectivity index (χ1n) is 4.61. The van der Waals surface area contributed by atoms with Gasteiger partial charge in [-0.05, 0) is 20.8 Å². The molecule has 2 heteroatoms. The van der Waals surface area contributed by atoms with Crippen molar-refractivity contribution in [3.05, 3.63) is 0 Å². The lowest BCUT2D eigenvalue weighted by Crippen LogP contribution is -2.43. The van der Waals surface area contributed by atoms with E-state index in [2.05, 4.69) is 0 Å². The Morgan fingerprint density at radius 3 is 1.83 bits per heavy atom. The fraction of sp³-hybridized carbons (Fsp3) is 0.900. The predicted molar refractivity (Wildman–Crippen MR) is 52.0 cm³/mol. The van der Waals surface area contributed by atoms with Crippen LogP contribution in [0.25, 0.3) is 0 Å². The average Bonchev–Trinajstić information content (AvgIpc) is 1.86.